The van der Waals surface area contributed by atoms with Gasteiger partial charge in [-0.05, 0) is 27.2 Å². The quantitative estimate of drug-likeness (QED) is 0.513. The molecule has 0 heteroatoms. The first-order valence-electron chi connectivity index (χ1n) is 5.04. The molecule has 0 aliphatic rings. The van der Waals surface area contributed by atoms with Crippen LogP contribution < -0.4 is 0 Å². The summed E-state index contributed by atoms with van der Waals surface area (Å²) < 4.78 is 0. The van der Waals surface area contributed by atoms with Crippen molar-refractivity contribution in [1.82, 2.24) is 0 Å². The standard InChI is InChI=1S/C8H14.2C2H6/c1-4-6-7-8(3)5-2;2*1-2/h4-6H,7H2,1-3H3;2*1-2H3/b6-4?,8-5-;;. The molecule has 74 valence electrons. The van der Waals surface area contributed by atoms with E-state index in [1.807, 2.05) is 34.6 Å². The predicted octanol–water partition coefficient (Wildman–Crippen LogP) is 4.97. The van der Waals surface area contributed by atoms with Crippen LogP contribution >= 0.6 is 0 Å². The van der Waals surface area contributed by atoms with Crippen molar-refractivity contribution in [2.24, 2.45) is 0 Å². The molecule has 0 amide bonds. The highest BCUT2D eigenvalue weighted by Gasteiger charge is 1.77. The fourth-order valence-corrected chi connectivity index (χ4v) is 0.422. The molecule has 0 radical (unpaired) electrons. The van der Waals surface area contributed by atoms with Crippen LogP contribution in [0.5, 0.6) is 0 Å². The van der Waals surface area contributed by atoms with E-state index in [4.69, 9.17) is 0 Å². The van der Waals surface area contributed by atoms with Gasteiger partial charge in [-0.1, -0.05) is 51.5 Å². The van der Waals surface area contributed by atoms with Crippen molar-refractivity contribution in [3.63, 3.8) is 0 Å². The summed E-state index contributed by atoms with van der Waals surface area (Å²) in [4.78, 5) is 0. The normalized spacial score (nSPS) is 9.75. The smallest absolute Gasteiger partial charge is 0.0142 e. The molecule has 0 N–H and O–H groups in total. The molecule has 0 nitrogen and oxygen atoms in total. The topological polar surface area (TPSA) is 0 Å². The maximum atomic E-state index is 2.16. The molecule has 0 unspecified atom stereocenters. The molecule has 0 rings (SSSR count). The first-order valence-corrected chi connectivity index (χ1v) is 5.04. The second-order valence-corrected chi connectivity index (χ2v) is 1.91. The molecule has 0 aliphatic heterocycles. The monoisotopic (exact) mass is 170 g/mol. The Labute approximate surface area is 79.4 Å². The number of hydrogen-bond acceptors (Lipinski definition) is 0. The Kier molecular flexibility index (Phi) is 32.8. The first kappa shape index (κ1) is 17.5. The van der Waals surface area contributed by atoms with E-state index in [0.29, 0.717) is 0 Å². The van der Waals surface area contributed by atoms with Crippen LogP contribution in [0.1, 0.15) is 54.9 Å². The van der Waals surface area contributed by atoms with E-state index in [-0.39, 0.29) is 0 Å². The third-order valence-corrected chi connectivity index (χ3v) is 1.17. The minimum Gasteiger partial charge on any atom is -0.0913 e. The second kappa shape index (κ2) is 22.4. The number of hydrogen-bond donors (Lipinski definition) is 0. The van der Waals surface area contributed by atoms with Crippen LogP contribution in [0.2, 0.25) is 0 Å². The van der Waals surface area contributed by atoms with Gasteiger partial charge in [0.15, 0.2) is 0 Å². The number of rotatable bonds is 2. The summed E-state index contributed by atoms with van der Waals surface area (Å²) in [6, 6.07) is 0. The van der Waals surface area contributed by atoms with E-state index in [9.17, 15) is 0 Å². The average Bonchev–Trinajstić information content (AvgIpc) is 2.20. The van der Waals surface area contributed by atoms with Crippen LogP contribution in [-0.4, -0.2) is 0 Å². The summed E-state index contributed by atoms with van der Waals surface area (Å²) >= 11 is 0. The van der Waals surface area contributed by atoms with Gasteiger partial charge in [-0.25, -0.2) is 0 Å². The van der Waals surface area contributed by atoms with E-state index < -0.39 is 0 Å². The molecule has 0 spiro atoms. The Morgan fingerprint density at radius 2 is 1.42 bits per heavy atom. The van der Waals surface area contributed by atoms with E-state index in [1.54, 1.807) is 0 Å². The molecule has 0 heterocycles. The zero-order valence-electron chi connectivity index (χ0n) is 9.94. The summed E-state index contributed by atoms with van der Waals surface area (Å²) in [5.41, 5.74) is 1.43. The van der Waals surface area contributed by atoms with Gasteiger partial charge in [-0.3, -0.25) is 0 Å². The van der Waals surface area contributed by atoms with Crippen LogP contribution in [0.15, 0.2) is 23.8 Å². The van der Waals surface area contributed by atoms with Gasteiger partial charge in [0.1, 0.15) is 0 Å². The Bertz CT molecular complexity index is 96.6. The molecule has 0 fully saturated rings. The van der Waals surface area contributed by atoms with Gasteiger partial charge >= 0.3 is 0 Å². The molecule has 0 saturated carbocycles. The number of allylic oxidation sites excluding steroid dienone is 4. The van der Waals surface area contributed by atoms with Crippen molar-refractivity contribution in [2.75, 3.05) is 0 Å². The molecular weight excluding hydrogens is 144 g/mol. The fraction of sp³-hybridized carbons (Fsp3) is 0.667. The van der Waals surface area contributed by atoms with Gasteiger partial charge < -0.3 is 0 Å². The van der Waals surface area contributed by atoms with Gasteiger partial charge in [0.05, 0.1) is 0 Å². The van der Waals surface area contributed by atoms with Crippen LogP contribution in [0.4, 0.5) is 0 Å². The highest BCUT2D eigenvalue weighted by Crippen LogP contribution is 1.98. The summed E-state index contributed by atoms with van der Waals surface area (Å²) in [6.07, 6.45) is 7.48. The van der Waals surface area contributed by atoms with Crippen molar-refractivity contribution in [3.8, 4) is 0 Å². The third-order valence-electron chi connectivity index (χ3n) is 1.17. The first-order chi connectivity index (χ1) is 5.81. The zero-order chi connectivity index (χ0) is 10.4. The highest BCUT2D eigenvalue weighted by molar-refractivity contribution is 5.01. The predicted molar refractivity (Wildman–Crippen MR) is 61.6 cm³/mol. The van der Waals surface area contributed by atoms with Crippen LogP contribution in [0, 0.1) is 0 Å². The highest BCUT2D eigenvalue weighted by atomic mass is 13.8. The van der Waals surface area contributed by atoms with Crippen molar-refractivity contribution in [2.45, 2.75) is 54.9 Å². The van der Waals surface area contributed by atoms with E-state index >= 15 is 0 Å². The van der Waals surface area contributed by atoms with Crippen LogP contribution in [-0.2, 0) is 0 Å². The molecule has 0 aromatic heterocycles. The lowest BCUT2D eigenvalue weighted by Crippen LogP contribution is -1.67. The Morgan fingerprint density at radius 1 is 1.00 bits per heavy atom. The van der Waals surface area contributed by atoms with Gasteiger partial charge in [0.25, 0.3) is 0 Å². The molecule has 0 aromatic carbocycles. The SMILES string of the molecule is CC.CC.CC=CC/C(C)=C\C. The van der Waals surface area contributed by atoms with E-state index in [1.165, 1.54) is 5.57 Å². The van der Waals surface area contributed by atoms with Crippen LogP contribution in [0.3, 0.4) is 0 Å². The molecule has 0 aromatic rings. The van der Waals surface area contributed by atoms with Gasteiger partial charge in [-0.2, -0.15) is 0 Å². The largest absolute Gasteiger partial charge is 0.0913 e. The minimum absolute atomic E-state index is 1.10. The molecule has 0 bridgehead atoms. The molecule has 0 aliphatic carbocycles. The Hall–Kier alpha value is -0.520. The van der Waals surface area contributed by atoms with E-state index in [2.05, 4.69) is 32.1 Å². The fourth-order valence-electron chi connectivity index (χ4n) is 0.422. The molecule has 0 saturated heterocycles. The lowest BCUT2D eigenvalue weighted by atomic mass is 10.2. The lowest BCUT2D eigenvalue weighted by Gasteiger charge is -1.88. The summed E-state index contributed by atoms with van der Waals surface area (Å²) in [7, 11) is 0. The molecule has 12 heavy (non-hydrogen) atoms. The summed E-state index contributed by atoms with van der Waals surface area (Å²) in [6.45, 7) is 14.3. The van der Waals surface area contributed by atoms with Crippen molar-refractivity contribution >= 4 is 0 Å². The lowest BCUT2D eigenvalue weighted by molar-refractivity contribution is 1.19. The molecule has 0 atom stereocenters. The summed E-state index contributed by atoms with van der Waals surface area (Å²) in [5.74, 6) is 0. The van der Waals surface area contributed by atoms with E-state index in [0.717, 1.165) is 6.42 Å². The van der Waals surface area contributed by atoms with Crippen molar-refractivity contribution in [3.05, 3.63) is 23.8 Å². The maximum Gasteiger partial charge on any atom is -0.0142 e. The Balaban J connectivity index is -0.000000175. The Morgan fingerprint density at radius 3 is 1.67 bits per heavy atom. The van der Waals surface area contributed by atoms with Crippen molar-refractivity contribution in [1.29, 1.82) is 0 Å². The third kappa shape index (κ3) is 22.7. The minimum atomic E-state index is 1.10. The molecular formula is C12H26. The summed E-state index contributed by atoms with van der Waals surface area (Å²) in [5, 5.41) is 0. The van der Waals surface area contributed by atoms with Gasteiger partial charge in [0.2, 0.25) is 0 Å². The van der Waals surface area contributed by atoms with Gasteiger partial charge in [0, 0.05) is 0 Å². The second-order valence-electron chi connectivity index (χ2n) is 1.91. The maximum absolute atomic E-state index is 2.16. The van der Waals surface area contributed by atoms with Crippen LogP contribution in [0.25, 0.3) is 0 Å². The van der Waals surface area contributed by atoms with Gasteiger partial charge in [-0.15, -0.1) is 0 Å². The van der Waals surface area contributed by atoms with Crippen molar-refractivity contribution < 1.29 is 0 Å². The average molecular weight is 170 g/mol. The zero-order valence-corrected chi connectivity index (χ0v) is 9.94.